The Balaban J connectivity index is 1.80. The van der Waals surface area contributed by atoms with Crippen molar-refractivity contribution < 1.29 is 22.4 Å². The average molecular weight is 364 g/mol. The van der Waals surface area contributed by atoms with Crippen LogP contribution in [-0.4, -0.2) is 21.5 Å². The van der Waals surface area contributed by atoms with Crippen LogP contribution in [0.2, 0.25) is 0 Å². The first-order valence-corrected chi connectivity index (χ1v) is 9.45. The van der Waals surface area contributed by atoms with Gasteiger partial charge in [0.1, 0.15) is 10.7 Å². The molecule has 0 spiro atoms. The van der Waals surface area contributed by atoms with Crippen molar-refractivity contribution in [3.05, 3.63) is 52.5 Å². The molecule has 7 nitrogen and oxygen atoms in total. The minimum atomic E-state index is -3.80. The summed E-state index contributed by atoms with van der Waals surface area (Å²) in [5.41, 5.74) is 3.29. The van der Waals surface area contributed by atoms with E-state index >= 15 is 0 Å². The summed E-state index contributed by atoms with van der Waals surface area (Å²) in [5, 5.41) is 3.25. The highest BCUT2D eigenvalue weighted by molar-refractivity contribution is 7.89. The molecule has 3 rings (SSSR count). The van der Waals surface area contributed by atoms with Gasteiger partial charge >= 0.3 is 5.97 Å². The van der Waals surface area contributed by atoms with E-state index in [1.165, 1.54) is 24.3 Å². The van der Waals surface area contributed by atoms with E-state index in [4.69, 9.17) is 4.42 Å². The second-order valence-electron chi connectivity index (χ2n) is 5.77. The highest BCUT2D eigenvalue weighted by atomic mass is 32.2. The summed E-state index contributed by atoms with van der Waals surface area (Å²) in [6.45, 7) is 3.55. The largest absolute Gasteiger partial charge is 0.463 e. The molecule has 2 N–H and O–H groups in total. The molecule has 0 saturated heterocycles. The fourth-order valence-electron chi connectivity index (χ4n) is 2.80. The normalized spacial score (nSPS) is 13.7. The van der Waals surface area contributed by atoms with Crippen molar-refractivity contribution in [2.75, 3.05) is 7.11 Å². The Kier molecular flexibility index (Phi) is 4.94. The van der Waals surface area contributed by atoms with Crippen molar-refractivity contribution in [1.82, 2.24) is 10.0 Å². The molecule has 1 aliphatic rings. The molecule has 0 bridgehead atoms. The number of sulfonamides is 1. The van der Waals surface area contributed by atoms with Crippen molar-refractivity contribution in [3.8, 4) is 0 Å². The van der Waals surface area contributed by atoms with E-state index < -0.39 is 16.0 Å². The Hall–Kier alpha value is -2.16. The molecule has 8 heteroatoms. The summed E-state index contributed by atoms with van der Waals surface area (Å²) < 4.78 is 37.7. The van der Waals surface area contributed by atoms with Crippen molar-refractivity contribution in [1.29, 1.82) is 0 Å². The minimum Gasteiger partial charge on any atom is -0.463 e. The number of rotatable bonds is 6. The standard InChI is InChI=1S/C17H20N2O5S/c1-3-14-16(7-15(24-14)17(20)23-2)25(21,22)19-8-11-4-5-12-9-18-10-13(12)6-11/h4-7,18-19H,3,8-10H2,1-2H3. The van der Waals surface area contributed by atoms with E-state index in [0.29, 0.717) is 6.42 Å². The third kappa shape index (κ3) is 3.60. The zero-order valence-electron chi connectivity index (χ0n) is 14.1. The summed E-state index contributed by atoms with van der Waals surface area (Å²) in [7, 11) is -2.59. The number of fused-ring (bicyclic) bond motifs is 1. The van der Waals surface area contributed by atoms with Crippen molar-refractivity contribution in [2.24, 2.45) is 0 Å². The lowest BCUT2D eigenvalue weighted by atomic mass is 10.1. The molecular formula is C17H20N2O5S. The first-order valence-electron chi connectivity index (χ1n) is 7.96. The van der Waals surface area contributed by atoms with E-state index in [-0.39, 0.29) is 23.0 Å². The van der Waals surface area contributed by atoms with E-state index in [1.54, 1.807) is 6.92 Å². The van der Waals surface area contributed by atoms with E-state index in [2.05, 4.69) is 14.8 Å². The number of carbonyl (C=O) groups excluding carboxylic acids is 1. The smallest absolute Gasteiger partial charge is 0.373 e. The molecule has 0 unspecified atom stereocenters. The molecule has 1 aromatic carbocycles. The number of esters is 1. The van der Waals surface area contributed by atoms with Crippen LogP contribution in [0.4, 0.5) is 0 Å². The minimum absolute atomic E-state index is 0.0294. The zero-order chi connectivity index (χ0) is 18.0. The number of carbonyl (C=O) groups is 1. The highest BCUT2D eigenvalue weighted by Crippen LogP contribution is 2.23. The highest BCUT2D eigenvalue weighted by Gasteiger charge is 2.25. The molecular weight excluding hydrogens is 344 g/mol. The van der Waals surface area contributed by atoms with Crippen LogP contribution in [0, 0.1) is 0 Å². The van der Waals surface area contributed by atoms with E-state index in [9.17, 15) is 13.2 Å². The van der Waals surface area contributed by atoms with Crippen LogP contribution in [0.3, 0.4) is 0 Å². The van der Waals surface area contributed by atoms with Gasteiger partial charge in [-0.3, -0.25) is 0 Å². The number of furan rings is 1. The lowest BCUT2D eigenvalue weighted by Crippen LogP contribution is -2.23. The first-order chi connectivity index (χ1) is 11.9. The topological polar surface area (TPSA) is 97.6 Å². The quantitative estimate of drug-likeness (QED) is 0.758. The van der Waals surface area contributed by atoms with Gasteiger partial charge < -0.3 is 14.5 Å². The Morgan fingerprint density at radius 2 is 2.04 bits per heavy atom. The van der Waals surface area contributed by atoms with Gasteiger partial charge in [-0.15, -0.1) is 0 Å². The third-order valence-electron chi connectivity index (χ3n) is 4.14. The van der Waals surface area contributed by atoms with Gasteiger partial charge in [0, 0.05) is 32.1 Å². The lowest BCUT2D eigenvalue weighted by Gasteiger charge is -2.08. The Bertz CT molecular complexity index is 902. The number of hydrogen-bond donors (Lipinski definition) is 2. The van der Waals surface area contributed by atoms with Gasteiger partial charge in [0.15, 0.2) is 0 Å². The summed E-state index contributed by atoms with van der Waals surface area (Å²) in [4.78, 5) is 11.5. The molecule has 2 aromatic rings. The molecule has 0 atom stereocenters. The van der Waals surface area contributed by atoms with Crippen molar-refractivity contribution in [3.63, 3.8) is 0 Å². The van der Waals surface area contributed by atoms with Gasteiger partial charge in [0.05, 0.1) is 7.11 Å². The van der Waals surface area contributed by atoms with E-state index in [0.717, 1.165) is 18.7 Å². The third-order valence-corrected chi connectivity index (χ3v) is 5.58. The second-order valence-corrected chi connectivity index (χ2v) is 7.51. The maximum Gasteiger partial charge on any atom is 0.373 e. The van der Waals surface area contributed by atoms with Gasteiger partial charge in [0.25, 0.3) is 0 Å². The molecule has 0 fully saturated rings. The number of hydrogen-bond acceptors (Lipinski definition) is 6. The van der Waals surface area contributed by atoms with Crippen LogP contribution < -0.4 is 10.0 Å². The summed E-state index contributed by atoms with van der Waals surface area (Å²) in [6, 6.07) is 7.11. The Morgan fingerprint density at radius 1 is 1.28 bits per heavy atom. The number of benzene rings is 1. The first kappa shape index (κ1) is 17.7. The predicted octanol–water partition coefficient (Wildman–Crippen LogP) is 1.71. The molecule has 134 valence electrons. The average Bonchev–Trinajstić information content (AvgIpc) is 3.25. The van der Waals surface area contributed by atoms with Crippen LogP contribution in [0.15, 0.2) is 33.6 Å². The van der Waals surface area contributed by atoms with Gasteiger partial charge in [0.2, 0.25) is 15.8 Å². The maximum atomic E-state index is 12.6. The number of ether oxygens (including phenoxy) is 1. The molecule has 1 aromatic heterocycles. The summed E-state index contributed by atoms with van der Waals surface area (Å²) in [5.74, 6) is -0.600. The number of methoxy groups -OCH3 is 1. The van der Waals surface area contributed by atoms with Gasteiger partial charge in [-0.25, -0.2) is 17.9 Å². The SMILES string of the molecule is CCc1oc(C(=O)OC)cc1S(=O)(=O)NCc1ccc2c(c1)CNC2. The van der Waals surface area contributed by atoms with Gasteiger partial charge in [-0.05, 0) is 16.7 Å². The van der Waals surface area contributed by atoms with Gasteiger partial charge in [-0.1, -0.05) is 25.1 Å². The lowest BCUT2D eigenvalue weighted by molar-refractivity contribution is 0.0563. The van der Waals surface area contributed by atoms with Crippen molar-refractivity contribution in [2.45, 2.75) is 37.9 Å². The molecule has 0 amide bonds. The number of nitrogens with one attached hydrogen (secondary N) is 2. The fourth-order valence-corrected chi connectivity index (χ4v) is 4.06. The molecule has 2 heterocycles. The molecule has 1 aliphatic heterocycles. The monoisotopic (exact) mass is 364 g/mol. The molecule has 25 heavy (non-hydrogen) atoms. The molecule has 0 saturated carbocycles. The Morgan fingerprint density at radius 3 is 2.76 bits per heavy atom. The van der Waals surface area contributed by atoms with Crippen LogP contribution >= 0.6 is 0 Å². The number of aryl methyl sites for hydroxylation is 1. The summed E-state index contributed by atoms with van der Waals surface area (Å²) >= 11 is 0. The maximum absolute atomic E-state index is 12.6. The van der Waals surface area contributed by atoms with E-state index in [1.807, 2.05) is 18.2 Å². The zero-order valence-corrected chi connectivity index (χ0v) is 14.9. The van der Waals surface area contributed by atoms with Crippen molar-refractivity contribution >= 4 is 16.0 Å². The predicted molar refractivity (Wildman–Crippen MR) is 90.4 cm³/mol. The molecule has 0 radical (unpaired) electrons. The molecule has 0 aliphatic carbocycles. The van der Waals surface area contributed by atoms with Gasteiger partial charge in [-0.2, -0.15) is 0 Å². The van der Waals surface area contributed by atoms with Crippen LogP contribution in [0.25, 0.3) is 0 Å². The fraction of sp³-hybridized carbons (Fsp3) is 0.353. The van der Waals surface area contributed by atoms with Crippen LogP contribution in [0.1, 0.15) is 39.9 Å². The Labute approximate surface area is 146 Å². The van der Waals surface area contributed by atoms with Crippen LogP contribution in [-0.2, 0) is 40.8 Å². The summed E-state index contributed by atoms with van der Waals surface area (Å²) in [6.07, 6.45) is 0.345. The second kappa shape index (κ2) is 6.99. The van der Waals surface area contributed by atoms with Crippen LogP contribution in [0.5, 0.6) is 0 Å².